The smallest absolute Gasteiger partial charge is 0.255 e. The predicted molar refractivity (Wildman–Crippen MR) is 61.8 cm³/mol. The number of hydrogen-bond donors (Lipinski definition) is 0. The van der Waals surface area contributed by atoms with Gasteiger partial charge in [-0.15, -0.1) is 0 Å². The fraction of sp³-hybridized carbons (Fsp3) is 0.300. The van der Waals surface area contributed by atoms with Gasteiger partial charge in [0.05, 0.1) is 10.6 Å². The lowest BCUT2D eigenvalue weighted by atomic mass is 10.2. The van der Waals surface area contributed by atoms with Gasteiger partial charge in [-0.2, -0.15) is 0 Å². The fourth-order valence-electron chi connectivity index (χ4n) is 1.01. The van der Waals surface area contributed by atoms with Gasteiger partial charge in [0.25, 0.3) is 5.91 Å². The van der Waals surface area contributed by atoms with Crippen molar-refractivity contribution in [1.82, 2.24) is 4.90 Å². The number of hydrogen-bond acceptors (Lipinski definition) is 1. The number of amides is 1. The first-order valence-electron chi connectivity index (χ1n) is 4.26. The second-order valence-corrected chi connectivity index (χ2v) is 4.27. The van der Waals surface area contributed by atoms with E-state index >= 15 is 0 Å². The summed E-state index contributed by atoms with van der Waals surface area (Å²) in [6.07, 6.45) is 0. The zero-order valence-electron chi connectivity index (χ0n) is 8.05. The largest absolute Gasteiger partial charge is 0.342 e. The molecular formula is C10H11BrClNO. The molecule has 4 heteroatoms. The van der Waals surface area contributed by atoms with E-state index in [9.17, 15) is 4.79 Å². The Hall–Kier alpha value is -0.540. The summed E-state index contributed by atoms with van der Waals surface area (Å²) in [7, 11) is 1.75. The number of benzene rings is 1. The van der Waals surface area contributed by atoms with Crippen molar-refractivity contribution in [3.05, 3.63) is 33.3 Å². The van der Waals surface area contributed by atoms with E-state index < -0.39 is 0 Å². The highest BCUT2D eigenvalue weighted by Gasteiger charge is 2.13. The lowest BCUT2D eigenvalue weighted by Gasteiger charge is -2.15. The van der Waals surface area contributed by atoms with Crippen molar-refractivity contribution in [2.24, 2.45) is 0 Å². The van der Waals surface area contributed by atoms with Gasteiger partial charge in [0.15, 0.2) is 0 Å². The van der Waals surface area contributed by atoms with E-state index in [2.05, 4.69) is 15.9 Å². The highest BCUT2D eigenvalue weighted by Crippen LogP contribution is 2.21. The van der Waals surface area contributed by atoms with Crippen molar-refractivity contribution in [1.29, 1.82) is 0 Å². The Morgan fingerprint density at radius 3 is 2.79 bits per heavy atom. The average molecular weight is 277 g/mol. The quantitative estimate of drug-likeness (QED) is 0.812. The molecule has 2 nitrogen and oxygen atoms in total. The lowest BCUT2D eigenvalue weighted by Crippen LogP contribution is -2.26. The van der Waals surface area contributed by atoms with Crippen LogP contribution < -0.4 is 0 Å². The number of carbonyl (C=O) groups excluding carboxylic acids is 1. The Labute approximate surface area is 97.0 Å². The van der Waals surface area contributed by atoms with Crippen LogP contribution in [0, 0.1) is 0 Å². The van der Waals surface area contributed by atoms with Crippen LogP contribution in [0.15, 0.2) is 22.7 Å². The Morgan fingerprint density at radius 1 is 1.57 bits per heavy atom. The molecule has 1 aromatic carbocycles. The molecule has 1 aromatic rings. The van der Waals surface area contributed by atoms with Gasteiger partial charge in [-0.05, 0) is 25.1 Å². The van der Waals surface area contributed by atoms with Crippen molar-refractivity contribution in [2.75, 3.05) is 13.6 Å². The number of halogens is 2. The second-order valence-electron chi connectivity index (χ2n) is 2.94. The summed E-state index contributed by atoms with van der Waals surface area (Å²) in [5.41, 5.74) is 0.533. The van der Waals surface area contributed by atoms with E-state index in [1.807, 2.05) is 13.0 Å². The summed E-state index contributed by atoms with van der Waals surface area (Å²) < 4.78 is 0.856. The molecule has 0 aromatic heterocycles. The summed E-state index contributed by atoms with van der Waals surface area (Å²) in [4.78, 5) is 13.4. The molecule has 0 unspecified atom stereocenters. The maximum atomic E-state index is 11.8. The molecule has 1 amide bonds. The predicted octanol–water partition coefficient (Wildman–Crippen LogP) is 3.19. The molecule has 0 aliphatic rings. The molecule has 1 rings (SSSR count). The molecule has 0 saturated heterocycles. The van der Waals surface area contributed by atoms with Crippen LogP contribution in [-0.2, 0) is 0 Å². The number of rotatable bonds is 2. The normalized spacial score (nSPS) is 10.0. The van der Waals surface area contributed by atoms with E-state index in [4.69, 9.17) is 11.6 Å². The van der Waals surface area contributed by atoms with Crippen molar-refractivity contribution >= 4 is 33.4 Å². The van der Waals surface area contributed by atoms with E-state index in [0.717, 1.165) is 4.47 Å². The first-order chi connectivity index (χ1) is 6.56. The molecule has 0 spiro atoms. The van der Waals surface area contributed by atoms with Crippen LogP contribution in [0.25, 0.3) is 0 Å². The van der Waals surface area contributed by atoms with Gasteiger partial charge >= 0.3 is 0 Å². The minimum Gasteiger partial charge on any atom is -0.342 e. The fourth-order valence-corrected chi connectivity index (χ4v) is 1.57. The Kier molecular flexibility index (Phi) is 3.96. The van der Waals surface area contributed by atoms with Gasteiger partial charge in [0.2, 0.25) is 0 Å². The molecule has 76 valence electrons. The van der Waals surface area contributed by atoms with Gasteiger partial charge in [-0.1, -0.05) is 27.5 Å². The topological polar surface area (TPSA) is 20.3 Å². The van der Waals surface area contributed by atoms with E-state index in [1.54, 1.807) is 24.1 Å². The number of carbonyl (C=O) groups is 1. The summed E-state index contributed by atoms with van der Waals surface area (Å²) in [5, 5.41) is 0.485. The van der Waals surface area contributed by atoms with Crippen LogP contribution in [0.2, 0.25) is 5.02 Å². The maximum Gasteiger partial charge on any atom is 0.255 e. The Bertz CT molecular complexity index is 354. The van der Waals surface area contributed by atoms with Gasteiger partial charge in [-0.3, -0.25) is 4.79 Å². The van der Waals surface area contributed by atoms with Gasteiger partial charge < -0.3 is 4.90 Å². The molecule has 0 bridgehead atoms. The van der Waals surface area contributed by atoms with Crippen LogP contribution in [-0.4, -0.2) is 24.4 Å². The molecule has 0 N–H and O–H groups in total. The maximum absolute atomic E-state index is 11.8. The molecule has 0 fully saturated rings. The number of nitrogens with zero attached hydrogens (tertiary/aromatic N) is 1. The minimum atomic E-state index is -0.0567. The first kappa shape index (κ1) is 11.5. The second kappa shape index (κ2) is 4.80. The molecular weight excluding hydrogens is 265 g/mol. The summed E-state index contributed by atoms with van der Waals surface area (Å²) in [5.74, 6) is -0.0567. The Morgan fingerprint density at radius 2 is 2.21 bits per heavy atom. The van der Waals surface area contributed by atoms with E-state index in [1.165, 1.54) is 0 Å². The molecule has 0 saturated carbocycles. The molecule has 0 heterocycles. The van der Waals surface area contributed by atoms with E-state index in [-0.39, 0.29) is 5.91 Å². The lowest BCUT2D eigenvalue weighted by molar-refractivity contribution is 0.0802. The van der Waals surface area contributed by atoms with Crippen molar-refractivity contribution in [2.45, 2.75) is 6.92 Å². The minimum absolute atomic E-state index is 0.0567. The Balaban J connectivity index is 3.06. The monoisotopic (exact) mass is 275 g/mol. The van der Waals surface area contributed by atoms with Crippen LogP contribution in [0.1, 0.15) is 17.3 Å². The zero-order valence-corrected chi connectivity index (χ0v) is 10.4. The van der Waals surface area contributed by atoms with Gasteiger partial charge in [-0.25, -0.2) is 0 Å². The standard InChI is InChI=1S/C10H11BrClNO/c1-3-13(2)10(14)8-6-7(11)4-5-9(8)12/h4-6H,3H2,1-2H3. The van der Waals surface area contributed by atoms with Crippen molar-refractivity contribution < 1.29 is 4.79 Å². The highest BCUT2D eigenvalue weighted by atomic mass is 79.9. The third-order valence-electron chi connectivity index (χ3n) is 1.98. The van der Waals surface area contributed by atoms with E-state index in [0.29, 0.717) is 17.1 Å². The van der Waals surface area contributed by atoms with Crippen LogP contribution in [0.5, 0.6) is 0 Å². The molecule has 0 aliphatic heterocycles. The van der Waals surface area contributed by atoms with Crippen molar-refractivity contribution in [3.63, 3.8) is 0 Å². The third kappa shape index (κ3) is 2.49. The molecule has 0 radical (unpaired) electrons. The third-order valence-corrected chi connectivity index (χ3v) is 2.80. The summed E-state index contributed by atoms with van der Waals surface area (Å²) in [6.45, 7) is 2.59. The zero-order chi connectivity index (χ0) is 10.7. The molecule has 0 atom stereocenters. The van der Waals surface area contributed by atoms with Gasteiger partial charge in [0.1, 0.15) is 0 Å². The first-order valence-corrected chi connectivity index (χ1v) is 5.44. The molecule has 14 heavy (non-hydrogen) atoms. The van der Waals surface area contributed by atoms with Crippen LogP contribution >= 0.6 is 27.5 Å². The van der Waals surface area contributed by atoms with Crippen LogP contribution in [0.3, 0.4) is 0 Å². The summed E-state index contributed by atoms with van der Waals surface area (Å²) >= 11 is 9.23. The highest BCUT2D eigenvalue weighted by molar-refractivity contribution is 9.10. The average Bonchev–Trinajstić information content (AvgIpc) is 2.19. The summed E-state index contributed by atoms with van der Waals surface area (Å²) in [6, 6.07) is 5.25. The van der Waals surface area contributed by atoms with Crippen molar-refractivity contribution in [3.8, 4) is 0 Å². The SMILES string of the molecule is CCN(C)C(=O)c1cc(Br)ccc1Cl. The molecule has 0 aliphatic carbocycles. The van der Waals surface area contributed by atoms with Crippen LogP contribution in [0.4, 0.5) is 0 Å². The van der Waals surface area contributed by atoms with Gasteiger partial charge in [0, 0.05) is 18.1 Å².